The number of nitrogens with zero attached hydrogens (tertiary/aromatic N) is 1. The first-order chi connectivity index (χ1) is 9.25. The van der Waals surface area contributed by atoms with Gasteiger partial charge in [-0.25, -0.2) is 0 Å². The Hall–Kier alpha value is -1.81. The average molecular weight is 258 g/mol. The molecule has 3 rings (SSSR count). The third kappa shape index (κ3) is 2.36. The minimum atomic E-state index is -0.280. The van der Waals surface area contributed by atoms with Crippen molar-refractivity contribution >= 4 is 11.4 Å². The van der Waals surface area contributed by atoms with Gasteiger partial charge in [0.15, 0.2) is 0 Å². The SMILES string of the molecule is NC(=O)Cc1c(C2CCOCC2)cc2ccccn12. The van der Waals surface area contributed by atoms with Crippen molar-refractivity contribution in [2.45, 2.75) is 25.2 Å². The topological polar surface area (TPSA) is 56.7 Å². The van der Waals surface area contributed by atoms with Crippen molar-refractivity contribution in [1.29, 1.82) is 0 Å². The number of primary amides is 1. The standard InChI is InChI=1S/C15H18N2O2/c16-15(18)10-14-13(11-4-7-19-8-5-11)9-12-3-1-2-6-17(12)14/h1-3,6,9,11H,4-5,7-8,10H2,(H2,16,18). The summed E-state index contributed by atoms with van der Waals surface area (Å²) in [6, 6.07) is 8.24. The van der Waals surface area contributed by atoms with Gasteiger partial charge in [-0.1, -0.05) is 6.07 Å². The van der Waals surface area contributed by atoms with Gasteiger partial charge in [-0.3, -0.25) is 4.79 Å². The van der Waals surface area contributed by atoms with Gasteiger partial charge in [0.05, 0.1) is 6.42 Å². The summed E-state index contributed by atoms with van der Waals surface area (Å²) >= 11 is 0. The van der Waals surface area contributed by atoms with Crippen LogP contribution in [0.1, 0.15) is 30.0 Å². The number of carbonyl (C=O) groups is 1. The molecule has 19 heavy (non-hydrogen) atoms. The maximum atomic E-state index is 11.3. The van der Waals surface area contributed by atoms with E-state index in [-0.39, 0.29) is 5.91 Å². The number of aromatic nitrogens is 1. The van der Waals surface area contributed by atoms with Crippen LogP contribution in [0.15, 0.2) is 30.5 Å². The third-order valence-corrected chi connectivity index (χ3v) is 3.82. The van der Waals surface area contributed by atoms with Gasteiger partial charge in [0, 0.05) is 30.6 Å². The molecule has 2 N–H and O–H groups in total. The molecule has 1 aliphatic rings. The zero-order chi connectivity index (χ0) is 13.2. The van der Waals surface area contributed by atoms with E-state index in [9.17, 15) is 4.79 Å². The molecule has 2 aromatic heterocycles. The molecule has 1 fully saturated rings. The second kappa shape index (κ2) is 5.05. The predicted octanol–water partition coefficient (Wildman–Crippen LogP) is 1.86. The van der Waals surface area contributed by atoms with Crippen LogP contribution in [0, 0.1) is 0 Å². The first-order valence-electron chi connectivity index (χ1n) is 6.70. The molecule has 0 spiro atoms. The molecule has 1 amide bonds. The van der Waals surface area contributed by atoms with Gasteiger partial charge in [-0.15, -0.1) is 0 Å². The number of amides is 1. The number of hydrogen-bond donors (Lipinski definition) is 1. The van der Waals surface area contributed by atoms with Crippen molar-refractivity contribution in [3.8, 4) is 0 Å². The Morgan fingerprint density at radius 3 is 2.89 bits per heavy atom. The average Bonchev–Trinajstić information content (AvgIpc) is 2.78. The van der Waals surface area contributed by atoms with Gasteiger partial charge in [0.1, 0.15) is 0 Å². The van der Waals surface area contributed by atoms with Crippen molar-refractivity contribution < 1.29 is 9.53 Å². The molecule has 0 atom stereocenters. The highest BCUT2D eigenvalue weighted by Crippen LogP contribution is 2.32. The maximum absolute atomic E-state index is 11.3. The number of fused-ring (bicyclic) bond motifs is 1. The lowest BCUT2D eigenvalue weighted by Crippen LogP contribution is -2.19. The number of rotatable bonds is 3. The van der Waals surface area contributed by atoms with Crippen molar-refractivity contribution in [2.24, 2.45) is 5.73 Å². The molecule has 0 unspecified atom stereocenters. The lowest BCUT2D eigenvalue weighted by Gasteiger charge is -2.22. The van der Waals surface area contributed by atoms with Crippen molar-refractivity contribution in [3.63, 3.8) is 0 Å². The quantitative estimate of drug-likeness (QED) is 0.913. The summed E-state index contributed by atoms with van der Waals surface area (Å²) in [5.41, 5.74) is 8.82. The highest BCUT2D eigenvalue weighted by atomic mass is 16.5. The van der Waals surface area contributed by atoms with Gasteiger partial charge in [-0.05, 0) is 42.5 Å². The summed E-state index contributed by atoms with van der Waals surface area (Å²) in [7, 11) is 0. The van der Waals surface area contributed by atoms with Gasteiger partial charge in [0.2, 0.25) is 5.91 Å². The molecule has 4 heteroatoms. The number of pyridine rings is 1. The van der Waals surface area contributed by atoms with E-state index in [1.54, 1.807) is 0 Å². The molecule has 0 bridgehead atoms. The van der Waals surface area contributed by atoms with E-state index in [2.05, 4.69) is 16.5 Å². The number of ether oxygens (including phenoxy) is 1. The van der Waals surface area contributed by atoms with Gasteiger partial charge in [0.25, 0.3) is 0 Å². The fourth-order valence-corrected chi connectivity index (χ4v) is 2.92. The van der Waals surface area contributed by atoms with Crippen LogP contribution in [-0.2, 0) is 16.0 Å². The van der Waals surface area contributed by atoms with E-state index < -0.39 is 0 Å². The lowest BCUT2D eigenvalue weighted by molar-refractivity contribution is -0.117. The fourth-order valence-electron chi connectivity index (χ4n) is 2.92. The molecule has 0 saturated carbocycles. The number of nitrogens with two attached hydrogens (primary N) is 1. The highest BCUT2D eigenvalue weighted by molar-refractivity contribution is 5.77. The zero-order valence-electron chi connectivity index (χ0n) is 10.8. The zero-order valence-corrected chi connectivity index (χ0v) is 10.8. The van der Waals surface area contributed by atoms with Crippen LogP contribution in [0.3, 0.4) is 0 Å². The largest absolute Gasteiger partial charge is 0.381 e. The minimum absolute atomic E-state index is 0.280. The third-order valence-electron chi connectivity index (χ3n) is 3.82. The normalized spacial score (nSPS) is 16.8. The highest BCUT2D eigenvalue weighted by Gasteiger charge is 2.22. The smallest absolute Gasteiger partial charge is 0.223 e. The van der Waals surface area contributed by atoms with Gasteiger partial charge < -0.3 is 14.9 Å². The summed E-state index contributed by atoms with van der Waals surface area (Å²) < 4.78 is 7.50. The fraction of sp³-hybridized carbons (Fsp3) is 0.400. The molecule has 0 aromatic carbocycles. The molecule has 4 nitrogen and oxygen atoms in total. The van der Waals surface area contributed by atoms with E-state index >= 15 is 0 Å². The van der Waals surface area contributed by atoms with Crippen LogP contribution >= 0.6 is 0 Å². The van der Waals surface area contributed by atoms with Crippen molar-refractivity contribution in [2.75, 3.05) is 13.2 Å². The second-order valence-electron chi connectivity index (χ2n) is 5.07. The first-order valence-corrected chi connectivity index (χ1v) is 6.70. The monoisotopic (exact) mass is 258 g/mol. The van der Waals surface area contributed by atoms with Crippen molar-refractivity contribution in [3.05, 3.63) is 41.7 Å². The summed E-state index contributed by atoms with van der Waals surface area (Å²) in [5, 5.41) is 0. The number of carbonyl (C=O) groups excluding carboxylic acids is 1. The van der Waals surface area contributed by atoms with Crippen LogP contribution in [0.25, 0.3) is 5.52 Å². The Kier molecular flexibility index (Phi) is 3.25. The van der Waals surface area contributed by atoms with Gasteiger partial charge >= 0.3 is 0 Å². The molecular formula is C15H18N2O2. The van der Waals surface area contributed by atoms with Crippen LogP contribution in [-0.4, -0.2) is 23.5 Å². The Morgan fingerprint density at radius 1 is 1.37 bits per heavy atom. The Labute approximate surface area is 112 Å². The summed E-state index contributed by atoms with van der Waals surface area (Å²) in [4.78, 5) is 11.3. The van der Waals surface area contributed by atoms with E-state index in [0.717, 1.165) is 37.3 Å². The van der Waals surface area contributed by atoms with Crippen molar-refractivity contribution in [1.82, 2.24) is 4.40 Å². The minimum Gasteiger partial charge on any atom is -0.381 e. The van der Waals surface area contributed by atoms with E-state index in [0.29, 0.717) is 12.3 Å². The predicted molar refractivity (Wildman–Crippen MR) is 73.1 cm³/mol. The summed E-state index contributed by atoms with van der Waals surface area (Å²) in [6.07, 6.45) is 4.33. The molecule has 1 aliphatic heterocycles. The second-order valence-corrected chi connectivity index (χ2v) is 5.07. The molecule has 0 radical (unpaired) electrons. The summed E-state index contributed by atoms with van der Waals surface area (Å²) in [6.45, 7) is 1.60. The Balaban J connectivity index is 2.07. The Morgan fingerprint density at radius 2 is 2.16 bits per heavy atom. The van der Waals surface area contributed by atoms with E-state index in [1.807, 2.05) is 18.3 Å². The maximum Gasteiger partial charge on any atom is 0.223 e. The van der Waals surface area contributed by atoms with Crippen LogP contribution < -0.4 is 5.73 Å². The first kappa shape index (κ1) is 12.2. The molecule has 100 valence electrons. The molecular weight excluding hydrogens is 240 g/mol. The van der Waals surface area contributed by atoms with Crippen LogP contribution in [0.4, 0.5) is 0 Å². The molecule has 3 heterocycles. The molecule has 0 aliphatic carbocycles. The molecule has 2 aromatic rings. The van der Waals surface area contributed by atoms with Crippen LogP contribution in [0.5, 0.6) is 0 Å². The van der Waals surface area contributed by atoms with Crippen LogP contribution in [0.2, 0.25) is 0 Å². The number of hydrogen-bond acceptors (Lipinski definition) is 2. The van der Waals surface area contributed by atoms with Gasteiger partial charge in [-0.2, -0.15) is 0 Å². The summed E-state index contributed by atoms with van der Waals surface area (Å²) in [5.74, 6) is 0.195. The van der Waals surface area contributed by atoms with E-state index in [4.69, 9.17) is 10.5 Å². The molecule has 1 saturated heterocycles. The van der Waals surface area contributed by atoms with E-state index in [1.165, 1.54) is 5.56 Å². The lowest BCUT2D eigenvalue weighted by atomic mass is 9.91. The Bertz CT molecular complexity index is 597.